The third kappa shape index (κ3) is 3.37. The Morgan fingerprint density at radius 1 is 1.21 bits per heavy atom. The molecule has 0 saturated carbocycles. The fourth-order valence-corrected chi connectivity index (χ4v) is 3.59. The molecule has 1 unspecified atom stereocenters. The Hall–Kier alpha value is -3.16. The van der Waals surface area contributed by atoms with Crippen molar-refractivity contribution in [3.63, 3.8) is 0 Å². The van der Waals surface area contributed by atoms with Crippen molar-refractivity contribution in [2.24, 2.45) is 0 Å². The lowest BCUT2D eigenvalue weighted by molar-refractivity contribution is 0.0320. The summed E-state index contributed by atoms with van der Waals surface area (Å²) < 4.78 is 5.61. The largest absolute Gasteiger partial charge is 0.451 e. The first-order valence-electron chi connectivity index (χ1n) is 9.45. The van der Waals surface area contributed by atoms with Gasteiger partial charge in [0.05, 0.1) is 5.56 Å². The van der Waals surface area contributed by atoms with Crippen LogP contribution < -0.4 is 10.6 Å². The number of H-pyrrole nitrogens is 1. The predicted octanol–water partition coefficient (Wildman–Crippen LogP) is 2.80. The molecule has 146 valence electrons. The number of nitrogens with two attached hydrogens (primary N) is 1. The number of carbonyl (C=O) groups is 1. The first kappa shape index (κ1) is 18.2. The van der Waals surface area contributed by atoms with Crippen LogP contribution in [0.5, 0.6) is 0 Å². The molecule has 8 heteroatoms. The minimum absolute atomic E-state index is 0.0944. The van der Waals surface area contributed by atoms with Crippen LogP contribution in [0.2, 0.25) is 0 Å². The van der Waals surface area contributed by atoms with Crippen LogP contribution in [0.3, 0.4) is 0 Å². The van der Waals surface area contributed by atoms with Crippen molar-refractivity contribution in [1.29, 1.82) is 0 Å². The molecule has 1 atom stereocenters. The highest BCUT2D eigenvalue weighted by Gasteiger charge is 2.21. The van der Waals surface area contributed by atoms with Gasteiger partial charge in [-0.2, -0.15) is 15.0 Å². The number of ether oxygens (including phenoxy) is 1. The van der Waals surface area contributed by atoms with Crippen molar-refractivity contribution in [3.8, 4) is 0 Å². The summed E-state index contributed by atoms with van der Waals surface area (Å²) in [6.07, 6.45) is 3.85. The van der Waals surface area contributed by atoms with Crippen molar-refractivity contribution in [2.75, 3.05) is 24.7 Å². The van der Waals surface area contributed by atoms with Gasteiger partial charge in [-0.15, -0.1) is 0 Å². The normalized spacial score (nSPS) is 14.5. The van der Waals surface area contributed by atoms with Gasteiger partial charge in [-0.1, -0.05) is 0 Å². The average molecular weight is 380 g/mol. The molecule has 1 aliphatic carbocycles. The third-order valence-corrected chi connectivity index (χ3v) is 5.04. The van der Waals surface area contributed by atoms with Gasteiger partial charge < -0.3 is 20.4 Å². The third-order valence-electron chi connectivity index (χ3n) is 5.04. The second kappa shape index (κ2) is 7.10. The van der Waals surface area contributed by atoms with Gasteiger partial charge in [-0.05, 0) is 56.4 Å². The summed E-state index contributed by atoms with van der Waals surface area (Å²) in [5, 5.41) is 1.11. The molecule has 4 rings (SSSR count). The Kier molecular flexibility index (Phi) is 4.62. The summed E-state index contributed by atoms with van der Waals surface area (Å²) in [5.74, 6) is 0.429. The fourth-order valence-electron chi connectivity index (χ4n) is 3.59. The number of hydrogen-bond acceptors (Lipinski definition) is 7. The molecule has 2 heterocycles. The van der Waals surface area contributed by atoms with Gasteiger partial charge in [0, 0.05) is 30.7 Å². The molecule has 1 aromatic carbocycles. The number of nitrogens with zero attached hydrogens (tertiary/aromatic N) is 4. The van der Waals surface area contributed by atoms with Crippen molar-refractivity contribution in [3.05, 3.63) is 40.8 Å². The molecule has 1 aliphatic rings. The molecular weight excluding hydrogens is 356 g/mol. The number of nitrogens with one attached hydrogen (secondary N) is 1. The molecule has 0 saturated heterocycles. The molecule has 3 aromatic rings. The van der Waals surface area contributed by atoms with E-state index < -0.39 is 12.1 Å². The molecular formula is C20H24N6O2. The maximum atomic E-state index is 12.7. The molecule has 0 bridgehead atoms. The van der Waals surface area contributed by atoms with Crippen molar-refractivity contribution in [2.45, 2.75) is 38.7 Å². The lowest BCUT2D eigenvalue weighted by Gasteiger charge is -2.15. The van der Waals surface area contributed by atoms with E-state index in [0.29, 0.717) is 17.3 Å². The van der Waals surface area contributed by atoms with E-state index in [0.717, 1.165) is 23.7 Å². The summed E-state index contributed by atoms with van der Waals surface area (Å²) in [5.41, 5.74) is 9.95. The summed E-state index contributed by atoms with van der Waals surface area (Å²) in [4.78, 5) is 30.4. The lowest BCUT2D eigenvalue weighted by atomic mass is 9.95. The van der Waals surface area contributed by atoms with Crippen LogP contribution >= 0.6 is 0 Å². The Morgan fingerprint density at radius 2 is 2.00 bits per heavy atom. The van der Waals surface area contributed by atoms with E-state index in [2.05, 4.69) is 19.9 Å². The van der Waals surface area contributed by atoms with Crippen LogP contribution in [0.1, 0.15) is 53.3 Å². The minimum atomic E-state index is -0.646. The van der Waals surface area contributed by atoms with E-state index >= 15 is 0 Å². The monoisotopic (exact) mass is 380 g/mol. The van der Waals surface area contributed by atoms with Crippen molar-refractivity contribution in [1.82, 2.24) is 19.9 Å². The maximum Gasteiger partial charge on any atom is 0.338 e. The van der Waals surface area contributed by atoms with Crippen molar-refractivity contribution < 1.29 is 9.53 Å². The van der Waals surface area contributed by atoms with Gasteiger partial charge in [0.25, 0.3) is 0 Å². The highest BCUT2D eigenvalue weighted by molar-refractivity contribution is 5.96. The standard InChI is InChI=1S/C20H24N6O2/c1-11(17-23-19(21)25-20(24-17)26(2)3)28-18(27)12-8-9-16-14(10-12)13-6-4-5-7-15(13)22-16/h8-11,22H,4-7H2,1-3H3,(H2,21,23,24,25). The number of esters is 1. The smallest absolute Gasteiger partial charge is 0.338 e. The van der Waals surface area contributed by atoms with E-state index in [4.69, 9.17) is 10.5 Å². The van der Waals surface area contributed by atoms with Gasteiger partial charge in [0.2, 0.25) is 11.9 Å². The number of carbonyl (C=O) groups excluding carboxylic acids is 1. The van der Waals surface area contributed by atoms with Crippen LogP contribution in [0, 0.1) is 0 Å². The Bertz CT molecular complexity index is 1040. The summed E-state index contributed by atoms with van der Waals surface area (Å²) >= 11 is 0. The SMILES string of the molecule is CC(OC(=O)c1ccc2[nH]c3c(c2c1)CCCC3)c1nc(N)nc(N(C)C)n1. The van der Waals surface area contributed by atoms with E-state index in [1.807, 2.05) is 26.2 Å². The maximum absolute atomic E-state index is 12.7. The minimum Gasteiger partial charge on any atom is -0.451 e. The van der Waals surface area contributed by atoms with E-state index in [1.165, 1.54) is 24.1 Å². The van der Waals surface area contributed by atoms with E-state index in [1.54, 1.807) is 17.9 Å². The lowest BCUT2D eigenvalue weighted by Crippen LogP contribution is -2.18. The zero-order valence-electron chi connectivity index (χ0n) is 16.3. The summed E-state index contributed by atoms with van der Waals surface area (Å²) in [6.45, 7) is 1.73. The fraction of sp³-hybridized carbons (Fsp3) is 0.400. The van der Waals surface area contributed by atoms with E-state index in [-0.39, 0.29) is 5.95 Å². The molecule has 0 spiro atoms. The quantitative estimate of drug-likeness (QED) is 0.670. The molecule has 0 fully saturated rings. The Morgan fingerprint density at radius 3 is 2.79 bits per heavy atom. The number of fused-ring (bicyclic) bond motifs is 3. The highest BCUT2D eigenvalue weighted by Crippen LogP contribution is 2.30. The molecule has 2 aromatic heterocycles. The van der Waals surface area contributed by atoms with Crippen molar-refractivity contribution >= 4 is 28.8 Å². The zero-order chi connectivity index (χ0) is 19.8. The zero-order valence-corrected chi connectivity index (χ0v) is 16.3. The Labute approximate surface area is 163 Å². The van der Waals surface area contributed by atoms with E-state index in [9.17, 15) is 4.79 Å². The first-order valence-corrected chi connectivity index (χ1v) is 9.45. The van der Waals surface area contributed by atoms with Gasteiger partial charge in [-0.3, -0.25) is 0 Å². The molecule has 0 radical (unpaired) electrons. The second-order valence-electron chi connectivity index (χ2n) is 7.34. The topological polar surface area (TPSA) is 110 Å². The van der Waals surface area contributed by atoms with Gasteiger partial charge in [0.15, 0.2) is 11.9 Å². The molecule has 8 nitrogen and oxygen atoms in total. The number of aromatic nitrogens is 4. The van der Waals surface area contributed by atoms with Gasteiger partial charge >= 0.3 is 5.97 Å². The van der Waals surface area contributed by atoms with Gasteiger partial charge in [-0.25, -0.2) is 4.79 Å². The summed E-state index contributed by atoms with van der Waals surface area (Å²) in [7, 11) is 3.62. The number of nitrogen functional groups attached to an aromatic ring is 1. The van der Waals surface area contributed by atoms with Crippen LogP contribution in [-0.4, -0.2) is 40.0 Å². The number of aromatic amines is 1. The molecule has 0 amide bonds. The Balaban J connectivity index is 1.58. The number of anilines is 2. The first-order chi connectivity index (χ1) is 13.4. The van der Waals surface area contributed by atoms with Crippen LogP contribution in [-0.2, 0) is 17.6 Å². The van der Waals surface area contributed by atoms with Crippen LogP contribution in [0.4, 0.5) is 11.9 Å². The van der Waals surface area contributed by atoms with Gasteiger partial charge in [0.1, 0.15) is 0 Å². The molecule has 0 aliphatic heterocycles. The second-order valence-corrected chi connectivity index (χ2v) is 7.34. The highest BCUT2D eigenvalue weighted by atomic mass is 16.5. The van der Waals surface area contributed by atoms with Crippen LogP contribution in [0.25, 0.3) is 10.9 Å². The average Bonchev–Trinajstić information content (AvgIpc) is 3.05. The summed E-state index contributed by atoms with van der Waals surface area (Å²) in [6, 6.07) is 5.64. The number of hydrogen-bond donors (Lipinski definition) is 2. The number of benzene rings is 1. The number of aryl methyl sites for hydroxylation is 2. The predicted molar refractivity (Wildman–Crippen MR) is 107 cm³/mol. The molecule has 28 heavy (non-hydrogen) atoms. The van der Waals surface area contributed by atoms with Crippen LogP contribution in [0.15, 0.2) is 18.2 Å². The molecule has 3 N–H and O–H groups in total. The number of rotatable bonds is 4.